The van der Waals surface area contributed by atoms with Crippen LogP contribution in [0.2, 0.25) is 0 Å². The molecule has 0 aliphatic carbocycles. The smallest absolute Gasteiger partial charge is 0.153 e. The van der Waals surface area contributed by atoms with E-state index < -0.39 is 6.04 Å². The fraction of sp³-hybridized carbons (Fsp3) is 0.385. The monoisotopic (exact) mass is 403 g/mol. The number of hydrogen-bond donors (Lipinski definition) is 2. The van der Waals surface area contributed by atoms with Crippen LogP contribution in [0.3, 0.4) is 0 Å². The molecular formula is C26H33N3O. The van der Waals surface area contributed by atoms with Crippen LogP contribution >= 0.6 is 0 Å². The van der Waals surface area contributed by atoms with Gasteiger partial charge in [0.05, 0.1) is 12.4 Å². The van der Waals surface area contributed by atoms with E-state index in [1.807, 2.05) is 24.3 Å². The first-order valence-corrected chi connectivity index (χ1v) is 10.7. The number of ketones is 1. The summed E-state index contributed by atoms with van der Waals surface area (Å²) in [6, 6.07) is 15.9. The van der Waals surface area contributed by atoms with Crippen molar-refractivity contribution in [3.05, 3.63) is 70.8 Å². The van der Waals surface area contributed by atoms with Crippen LogP contribution in [0.1, 0.15) is 54.9 Å². The third-order valence-electron chi connectivity index (χ3n) is 4.94. The molecule has 0 fully saturated rings. The Kier molecular flexibility index (Phi) is 10.4. The van der Waals surface area contributed by atoms with E-state index in [0.29, 0.717) is 19.4 Å². The van der Waals surface area contributed by atoms with Crippen molar-refractivity contribution in [3.63, 3.8) is 0 Å². The summed E-state index contributed by atoms with van der Waals surface area (Å²) >= 11 is 0. The molecule has 0 heterocycles. The van der Waals surface area contributed by atoms with Crippen molar-refractivity contribution >= 4 is 12.1 Å². The maximum absolute atomic E-state index is 12.3. The summed E-state index contributed by atoms with van der Waals surface area (Å²) < 4.78 is 0. The van der Waals surface area contributed by atoms with Gasteiger partial charge >= 0.3 is 0 Å². The van der Waals surface area contributed by atoms with Gasteiger partial charge in [-0.1, -0.05) is 55.9 Å². The Balaban J connectivity index is 1.85. The molecule has 4 nitrogen and oxygen atoms in total. The molecular weight excluding hydrogens is 370 g/mol. The second-order valence-electron chi connectivity index (χ2n) is 7.48. The molecule has 4 heteroatoms. The number of Topliss-reactive ketones (excluding diaryl/α,β-unsaturated/α-hetero) is 1. The van der Waals surface area contributed by atoms with Gasteiger partial charge in [-0.05, 0) is 54.7 Å². The first-order valence-electron chi connectivity index (χ1n) is 10.7. The van der Waals surface area contributed by atoms with Crippen LogP contribution in [0.25, 0.3) is 0 Å². The Morgan fingerprint density at radius 1 is 1.03 bits per heavy atom. The van der Waals surface area contributed by atoms with Crippen molar-refractivity contribution in [1.82, 2.24) is 5.32 Å². The average molecular weight is 404 g/mol. The zero-order valence-electron chi connectivity index (χ0n) is 18.2. The molecule has 0 spiro atoms. The van der Waals surface area contributed by atoms with Crippen molar-refractivity contribution in [2.24, 2.45) is 10.7 Å². The number of hydrogen-bond acceptors (Lipinski definition) is 3. The predicted octanol–water partition coefficient (Wildman–Crippen LogP) is 3.90. The normalized spacial score (nSPS) is 11.7. The number of nitrogens with zero attached hydrogens (tertiary/aromatic N) is 1. The maximum Gasteiger partial charge on any atom is 0.153 e. The molecule has 0 aliphatic heterocycles. The van der Waals surface area contributed by atoms with E-state index in [4.69, 9.17) is 5.73 Å². The fourth-order valence-corrected chi connectivity index (χ4v) is 3.07. The number of aryl methyl sites for hydroxylation is 1. The summed E-state index contributed by atoms with van der Waals surface area (Å²) in [5.41, 5.74) is 10.3. The van der Waals surface area contributed by atoms with Gasteiger partial charge in [0.15, 0.2) is 5.78 Å². The largest absolute Gasteiger partial charge is 0.376 e. The molecule has 2 rings (SSSR count). The van der Waals surface area contributed by atoms with Crippen LogP contribution < -0.4 is 11.1 Å². The summed E-state index contributed by atoms with van der Waals surface area (Å²) in [5.74, 6) is 6.45. The molecule has 2 aromatic rings. The standard InChI is InChI=1S/C26H33N3O/c1-3-4-5-6-21-7-9-22(10-8-21)11-12-23-13-15-24(16-14-23)19-26(30)25(27)17-18-29-20-28-2/h7-10,13-16,20,25H,3-6,17-19,27H2,1-2H3,(H,28,29). The highest BCUT2D eigenvalue weighted by Crippen LogP contribution is 2.10. The number of unbranched alkanes of at least 4 members (excludes halogenated alkanes) is 2. The van der Waals surface area contributed by atoms with Crippen LogP contribution in [-0.4, -0.2) is 31.8 Å². The van der Waals surface area contributed by atoms with Crippen LogP contribution in [0.15, 0.2) is 53.5 Å². The highest BCUT2D eigenvalue weighted by molar-refractivity contribution is 5.85. The molecule has 30 heavy (non-hydrogen) atoms. The van der Waals surface area contributed by atoms with Crippen molar-refractivity contribution in [2.45, 2.75) is 51.5 Å². The summed E-state index contributed by atoms with van der Waals surface area (Å²) in [4.78, 5) is 16.1. The molecule has 0 bridgehead atoms. The van der Waals surface area contributed by atoms with Gasteiger partial charge in [0.2, 0.25) is 0 Å². The summed E-state index contributed by atoms with van der Waals surface area (Å²) in [7, 11) is 1.69. The minimum atomic E-state index is -0.466. The molecule has 0 saturated heterocycles. The first kappa shape index (κ1) is 23.4. The van der Waals surface area contributed by atoms with E-state index in [2.05, 4.69) is 53.3 Å². The quantitative estimate of drug-likeness (QED) is 0.259. The lowest BCUT2D eigenvalue weighted by atomic mass is 10.0. The van der Waals surface area contributed by atoms with Crippen LogP contribution in [0, 0.1) is 11.8 Å². The van der Waals surface area contributed by atoms with Gasteiger partial charge in [0.25, 0.3) is 0 Å². The second kappa shape index (κ2) is 13.3. The lowest BCUT2D eigenvalue weighted by Crippen LogP contribution is -2.34. The number of nitrogens with one attached hydrogen (secondary N) is 1. The fourth-order valence-electron chi connectivity index (χ4n) is 3.07. The lowest BCUT2D eigenvalue weighted by Gasteiger charge is -2.10. The number of aliphatic imine (C=N–C) groups is 1. The number of rotatable bonds is 11. The number of nitrogens with two attached hydrogens (primary N) is 1. The van der Waals surface area contributed by atoms with E-state index in [9.17, 15) is 4.79 Å². The Hall–Kier alpha value is -2.90. The van der Waals surface area contributed by atoms with Gasteiger partial charge in [-0.25, -0.2) is 0 Å². The van der Waals surface area contributed by atoms with E-state index in [-0.39, 0.29) is 5.78 Å². The molecule has 158 valence electrons. The molecule has 0 aliphatic rings. The van der Waals surface area contributed by atoms with E-state index >= 15 is 0 Å². The minimum Gasteiger partial charge on any atom is -0.376 e. The molecule has 0 saturated carbocycles. The molecule has 3 N–H and O–H groups in total. The Labute approximate surface area is 181 Å². The summed E-state index contributed by atoms with van der Waals surface area (Å²) in [5, 5.41) is 2.99. The molecule has 2 aromatic carbocycles. The Morgan fingerprint density at radius 2 is 1.63 bits per heavy atom. The Bertz CT molecular complexity index is 858. The van der Waals surface area contributed by atoms with Crippen LogP contribution in [-0.2, 0) is 17.6 Å². The van der Waals surface area contributed by atoms with Crippen molar-refractivity contribution in [2.75, 3.05) is 13.6 Å². The zero-order valence-corrected chi connectivity index (χ0v) is 18.2. The Morgan fingerprint density at radius 3 is 2.20 bits per heavy atom. The molecule has 1 unspecified atom stereocenters. The zero-order chi connectivity index (χ0) is 21.6. The summed E-state index contributed by atoms with van der Waals surface area (Å²) in [6.07, 6.45) is 7.44. The first-order chi connectivity index (χ1) is 14.6. The second-order valence-corrected chi connectivity index (χ2v) is 7.48. The number of benzene rings is 2. The molecule has 1 atom stereocenters. The molecule has 0 aromatic heterocycles. The van der Waals surface area contributed by atoms with Crippen molar-refractivity contribution in [1.29, 1.82) is 0 Å². The lowest BCUT2D eigenvalue weighted by molar-refractivity contribution is -0.119. The van der Waals surface area contributed by atoms with Gasteiger partial charge in [-0.2, -0.15) is 0 Å². The van der Waals surface area contributed by atoms with Gasteiger partial charge in [-0.3, -0.25) is 9.79 Å². The van der Waals surface area contributed by atoms with Crippen molar-refractivity contribution in [3.8, 4) is 11.8 Å². The van der Waals surface area contributed by atoms with E-state index in [0.717, 1.165) is 23.1 Å². The highest BCUT2D eigenvalue weighted by atomic mass is 16.1. The predicted molar refractivity (Wildman–Crippen MR) is 126 cm³/mol. The summed E-state index contributed by atoms with van der Waals surface area (Å²) in [6.45, 7) is 2.86. The third kappa shape index (κ3) is 8.63. The maximum atomic E-state index is 12.3. The van der Waals surface area contributed by atoms with E-state index in [1.165, 1.54) is 24.8 Å². The molecule has 0 radical (unpaired) electrons. The SMILES string of the molecule is CCCCCc1ccc(C#Cc2ccc(CC(=O)C(N)CCNC=NC)cc2)cc1. The minimum absolute atomic E-state index is 0.0445. The van der Waals surface area contributed by atoms with Gasteiger partial charge in [0.1, 0.15) is 0 Å². The topological polar surface area (TPSA) is 67.5 Å². The average Bonchev–Trinajstić information content (AvgIpc) is 2.77. The number of carbonyl (C=O) groups is 1. The van der Waals surface area contributed by atoms with Crippen molar-refractivity contribution < 1.29 is 4.79 Å². The van der Waals surface area contributed by atoms with E-state index in [1.54, 1.807) is 13.4 Å². The molecule has 0 amide bonds. The van der Waals surface area contributed by atoms with Gasteiger partial charge in [0, 0.05) is 31.1 Å². The highest BCUT2D eigenvalue weighted by Gasteiger charge is 2.13. The third-order valence-corrected chi connectivity index (χ3v) is 4.94. The van der Waals surface area contributed by atoms with Gasteiger partial charge in [-0.15, -0.1) is 0 Å². The van der Waals surface area contributed by atoms with Crippen LogP contribution in [0.4, 0.5) is 0 Å². The number of carbonyl (C=O) groups excluding carboxylic acids is 1. The van der Waals surface area contributed by atoms with Gasteiger partial charge < -0.3 is 11.1 Å². The van der Waals surface area contributed by atoms with Crippen LogP contribution in [0.5, 0.6) is 0 Å².